The summed E-state index contributed by atoms with van der Waals surface area (Å²) < 4.78 is 165. The number of aromatic amines is 2. The number of fused-ring (bicyclic) bond motifs is 5. The summed E-state index contributed by atoms with van der Waals surface area (Å²) in [7, 11) is 0. The lowest BCUT2D eigenvalue weighted by molar-refractivity contribution is -0.120. The van der Waals surface area contributed by atoms with Gasteiger partial charge in [0.05, 0.1) is 42.0 Å². The number of hydrogen-bond acceptors (Lipinski definition) is 18. The average molecular weight is 2160 g/mol. The van der Waals surface area contributed by atoms with Crippen LogP contribution in [-0.4, -0.2) is 161 Å². The quantitative estimate of drug-likeness (QED) is 0.0441. The molecular weight excluding hydrogens is 2050 g/mol. The molecule has 21 rings (SSSR count). The van der Waals surface area contributed by atoms with E-state index in [1.54, 1.807) is 77.7 Å². The maximum absolute atomic E-state index is 14.8. The molecule has 54 heteroatoms. The molecule has 3 aliphatic heterocycles. The van der Waals surface area contributed by atoms with Crippen molar-refractivity contribution in [1.29, 1.82) is 0 Å². The van der Waals surface area contributed by atoms with Crippen molar-refractivity contribution in [3.05, 3.63) is 288 Å². The second kappa shape index (κ2) is 53.9. The van der Waals surface area contributed by atoms with Crippen LogP contribution in [0.4, 0.5) is 54.1 Å². The lowest BCUT2D eigenvalue weighted by atomic mass is 10.1. The number of nitrogens with one attached hydrogen (secondary N) is 4. The summed E-state index contributed by atoms with van der Waals surface area (Å²) in [5.41, 5.74) is 11.6. The minimum atomic E-state index is -1.17. The number of benzene rings is 3. The number of nitrogens with zero attached hydrogens (tertiary/aromatic N) is 17. The summed E-state index contributed by atoms with van der Waals surface area (Å²) in [6.45, 7) is 2.27. The number of ether oxygens (including phenoxy) is 1. The molecule has 15 aromatic rings. The first-order valence-electron chi connectivity index (χ1n) is 40.8. The smallest absolute Gasteiger partial charge is 0.285 e. The summed E-state index contributed by atoms with van der Waals surface area (Å²) in [6, 6.07) is 32.5. The molecule has 12 aromatic heterocycles. The number of nitrogen functional groups attached to an aromatic ring is 1. The van der Waals surface area contributed by atoms with Crippen LogP contribution in [0.2, 0.25) is 0 Å². The number of hydrogen-bond donors (Lipinski definition) is 7. The van der Waals surface area contributed by atoms with E-state index >= 15 is 0 Å². The fourth-order valence-electron chi connectivity index (χ4n) is 16.3. The highest BCUT2D eigenvalue weighted by atomic mass is 35.5. The van der Waals surface area contributed by atoms with Crippen LogP contribution in [0.25, 0.3) is 50.3 Å². The summed E-state index contributed by atoms with van der Waals surface area (Å²) in [6.07, 6.45) is 12.8. The van der Waals surface area contributed by atoms with Gasteiger partial charge in [0.2, 0.25) is 5.91 Å². The Hall–Kier alpha value is -10.6. The molecular formula is C85H104ClF11N24O8S10. The molecule has 15 heterocycles. The second-order valence-electron chi connectivity index (χ2n) is 30.9. The number of primary amides is 2. The molecule has 32 nitrogen and oxygen atoms in total. The number of rotatable bonds is 12. The number of aromatic nitrogens is 18. The highest BCUT2D eigenvalue weighted by Crippen LogP contribution is 2.40. The largest absolute Gasteiger partial charge is 0.381 e. The van der Waals surface area contributed by atoms with Crippen molar-refractivity contribution < 1.29 is 67.4 Å². The maximum atomic E-state index is 14.8. The third-order valence-electron chi connectivity index (χ3n) is 22.4. The van der Waals surface area contributed by atoms with E-state index in [1.807, 2.05) is 18.2 Å². The Kier molecular flexibility index (Phi) is 46.8. The van der Waals surface area contributed by atoms with E-state index in [2.05, 4.69) is 56.1 Å². The second-order valence-corrected chi connectivity index (χ2v) is 30.9. The molecule has 0 radical (unpaired) electrons. The topological polar surface area (TPSA) is 398 Å². The van der Waals surface area contributed by atoms with Gasteiger partial charge in [-0.25, -0.2) is 81.3 Å². The predicted octanol–water partition coefficient (Wildman–Crippen LogP) is 12.3. The number of imidazole rings is 1. The highest BCUT2D eigenvalue weighted by molar-refractivity contribution is 7.60. The van der Waals surface area contributed by atoms with Gasteiger partial charge in [0.15, 0.2) is 91.5 Å². The molecule has 6 fully saturated rings. The van der Waals surface area contributed by atoms with Gasteiger partial charge < -0.3 is 42.2 Å². The third-order valence-corrected chi connectivity index (χ3v) is 22.4. The van der Waals surface area contributed by atoms with E-state index in [0.29, 0.717) is 103 Å². The lowest BCUT2D eigenvalue weighted by Crippen LogP contribution is -2.33. The Morgan fingerprint density at radius 1 is 0.446 bits per heavy atom. The van der Waals surface area contributed by atoms with E-state index in [1.165, 1.54) is 119 Å². The minimum Gasteiger partial charge on any atom is -0.381 e. The van der Waals surface area contributed by atoms with Crippen LogP contribution in [0.1, 0.15) is 152 Å². The Balaban J connectivity index is 0.000000347. The molecule has 0 unspecified atom stereocenters. The van der Waals surface area contributed by atoms with Crippen molar-refractivity contribution >= 4 is 204 Å². The minimum absolute atomic E-state index is 0. The fraction of sp³-hybridized carbons (Fsp3) is 0.318. The number of carbonyl (C=O) groups is 3. The van der Waals surface area contributed by atoms with Gasteiger partial charge in [-0.05, 0) is 143 Å². The zero-order chi connectivity index (χ0) is 90.3. The Morgan fingerprint density at radius 3 is 1.32 bits per heavy atom. The Labute approximate surface area is 860 Å². The summed E-state index contributed by atoms with van der Waals surface area (Å²) in [4.78, 5) is 104. The molecule has 6 aliphatic rings. The Morgan fingerprint density at radius 2 is 0.885 bits per heavy atom. The predicted molar refractivity (Wildman–Crippen MR) is 556 cm³/mol. The van der Waals surface area contributed by atoms with E-state index in [-0.39, 0.29) is 225 Å². The first-order valence-corrected chi connectivity index (χ1v) is 40.8. The molecule has 10 N–H and O–H groups in total. The van der Waals surface area contributed by atoms with Crippen LogP contribution in [-0.2, 0) is 9.53 Å². The zero-order valence-electron chi connectivity index (χ0n) is 73.2. The number of para-hydroxylation sites is 3. The lowest BCUT2D eigenvalue weighted by Gasteiger charge is -2.27. The normalized spacial score (nSPS) is 18.9. The summed E-state index contributed by atoms with van der Waals surface area (Å²) in [5, 5.41) is 20.5. The van der Waals surface area contributed by atoms with Crippen molar-refractivity contribution in [2.75, 3.05) is 42.5 Å². The number of nitrogens with two attached hydrogens (primary N) is 3. The summed E-state index contributed by atoms with van der Waals surface area (Å²) in [5.74, 6) is 0.223. The van der Waals surface area contributed by atoms with Crippen LogP contribution >= 0.6 is 147 Å². The molecule has 3 saturated carbocycles. The molecule has 0 bridgehead atoms. The average Bonchev–Trinajstić information content (AvgIpc) is 1.62. The summed E-state index contributed by atoms with van der Waals surface area (Å²) >= 11 is 0. The molecule has 756 valence electrons. The fourth-order valence-corrected chi connectivity index (χ4v) is 16.3. The molecule has 139 heavy (non-hydrogen) atoms. The number of carbonyl (C=O) groups excluding carboxylic acids is 3. The van der Waals surface area contributed by atoms with Crippen molar-refractivity contribution in [3.8, 4) is 17.1 Å². The molecule has 3 amide bonds. The third kappa shape index (κ3) is 27.0. The van der Waals surface area contributed by atoms with Gasteiger partial charge in [0.25, 0.3) is 34.1 Å². The number of halogens is 12. The molecule has 3 aromatic carbocycles. The van der Waals surface area contributed by atoms with Crippen molar-refractivity contribution in [2.45, 2.75) is 138 Å². The van der Waals surface area contributed by atoms with Gasteiger partial charge in [-0.3, -0.25) is 62.0 Å². The van der Waals surface area contributed by atoms with Gasteiger partial charge in [-0.15, -0.1) is 12.4 Å². The first kappa shape index (κ1) is 121. The van der Waals surface area contributed by atoms with E-state index in [4.69, 9.17) is 22.0 Å². The molecule has 3 saturated heterocycles. The van der Waals surface area contributed by atoms with E-state index in [9.17, 15) is 81.9 Å². The van der Waals surface area contributed by atoms with Crippen LogP contribution in [0, 0.1) is 40.8 Å². The van der Waals surface area contributed by atoms with E-state index < -0.39 is 129 Å². The zero-order valence-corrected chi connectivity index (χ0v) is 84.0. The van der Waals surface area contributed by atoms with Crippen LogP contribution in [0.3, 0.4) is 0 Å². The van der Waals surface area contributed by atoms with Gasteiger partial charge in [0.1, 0.15) is 54.4 Å². The van der Waals surface area contributed by atoms with Crippen LogP contribution in [0.15, 0.2) is 196 Å². The number of amides is 3. The number of H-pyrrole nitrogens is 2. The van der Waals surface area contributed by atoms with E-state index in [0.717, 1.165) is 34.7 Å². The highest BCUT2D eigenvalue weighted by Gasteiger charge is 2.41. The number of alkyl halides is 5. The standard InChI is InChI=1S/C21H16F2N8O.C17H15F2N3O.C16H14F2N4O.C11H13F2N3O2.C11H11F2N3O.C5H6FN3O.C4H8O.ClH.10H2S/c22-12-8-15(29(9-12)20-16-18(25-10-24-16)26-11-27-20)19-28-30-7-6-14(23)17(30)21(32)31(19)13-4-2-1-3-5-13;18-12-7-6-11(10-12)16-20-21-9-8-14(19)15(21)17(23)22(16)13-4-2-1-3-5-13;17-10-8-13(19-9-10)15-20-21-7-6-12(18)14(21)16(23)22(15)11-4-2-1-3-5-11;12-7-2-1-6(5-7)11(18)15-16-4-3-8(13)9(16)10(14)17;12-7-2-1-6(5-7)10-14-11(17)9-8(13)3-4-16(9)15-10;6-3-1-2-9(8)4(3)5(7)10;1-2-4-5-3-1;;;;;;;;;;;/h1-7,10-12,15H,8-9H2,(H,24,25,26,27);1-5,8-9,11-12H,6-7,10H2;1-7,10,13,19H,8-9H2;3-4,6-7H,1-2,5H2,(H2,14,17)(H,15,18);3-4,6-7H,1-2,5H2,(H,14,15,17);1-2H,8H2,(H2,7,10);1-4H2;1H;10*1H2/t12-,15-;11-,12+;10-,13-;2*6-,7+;;;;;;;;;;;;;/m00000............./s1. The van der Waals surface area contributed by atoms with Crippen LogP contribution < -0.4 is 55.2 Å². The van der Waals surface area contributed by atoms with Gasteiger partial charge >= 0.3 is 0 Å². The van der Waals surface area contributed by atoms with Crippen molar-refractivity contribution in [2.24, 2.45) is 17.4 Å². The Bertz CT molecular complexity index is 6650. The maximum Gasteiger partial charge on any atom is 0.285 e. The van der Waals surface area contributed by atoms with Crippen LogP contribution in [0.5, 0.6) is 0 Å². The number of anilines is 1. The van der Waals surface area contributed by atoms with Crippen molar-refractivity contribution in [1.82, 2.24) is 91.7 Å². The molecule has 0 spiro atoms. The monoisotopic (exact) mass is 2150 g/mol. The molecule has 10 atom stereocenters. The first-order chi connectivity index (χ1) is 61.7. The van der Waals surface area contributed by atoms with Gasteiger partial charge in [-0.2, -0.15) is 155 Å². The van der Waals surface area contributed by atoms with Gasteiger partial charge in [-0.1, -0.05) is 54.6 Å². The van der Waals surface area contributed by atoms with Gasteiger partial charge in [0, 0.05) is 87.5 Å². The SMILES string of the molecule is C1CCOC1.Cl.NC(=O)c1c(F)ccn1N.NC(=O)c1c(F)ccn1NC(=O)[C@H]1CC[C@@H](F)C1.O=c1[nH]c([C@H]2CC[C@@H](F)C2)nn2ccc(F)c12.O=c1c2c(F)ccn2nc([C@@H]2C[C@H](F)CN2)n1-c1ccccc1.O=c1c2c(F)ccn2nc([C@@H]2C[C@H](F)CN2c2ncnc3nc[nH]c23)n1-c1ccccc1.O=c1c2c(F)ccn2nc([C@H]2CC[C@@H](F)C2)n1-c1ccccc1.S.S.S.S.S.S.S.S.S.S. The molecule has 3 aliphatic carbocycles. The van der Waals surface area contributed by atoms with Crippen molar-refractivity contribution in [3.63, 3.8) is 0 Å².